The maximum Gasteiger partial charge on any atom is 0.283 e. The molecule has 0 radical (unpaired) electrons. The lowest BCUT2D eigenvalue weighted by atomic mass is 10.2. The van der Waals surface area contributed by atoms with Crippen molar-refractivity contribution in [1.29, 1.82) is 0 Å². The van der Waals surface area contributed by atoms with Crippen molar-refractivity contribution in [2.75, 3.05) is 0 Å². The van der Waals surface area contributed by atoms with E-state index in [2.05, 4.69) is 15.3 Å². The molecule has 4 aromatic rings. The Bertz CT molecular complexity index is 1150. The zero-order valence-corrected chi connectivity index (χ0v) is 14.5. The third-order valence-electron chi connectivity index (χ3n) is 4.10. The lowest BCUT2D eigenvalue weighted by molar-refractivity contribution is 0.595. The Hall–Kier alpha value is -3.06. The van der Waals surface area contributed by atoms with Crippen molar-refractivity contribution in [3.05, 3.63) is 81.1 Å². The second-order valence-electron chi connectivity index (χ2n) is 5.89. The van der Waals surface area contributed by atoms with Gasteiger partial charge in [-0.2, -0.15) is 4.68 Å². The van der Waals surface area contributed by atoms with E-state index in [0.717, 1.165) is 11.3 Å². The molecule has 0 aliphatic rings. The Morgan fingerprint density at radius 2 is 1.92 bits per heavy atom. The molecule has 0 spiro atoms. The molecule has 2 aromatic heterocycles. The largest absolute Gasteiger partial charge is 0.293 e. The topological polar surface area (TPSA) is 65.6 Å². The first kappa shape index (κ1) is 16.4. The molecule has 2 heterocycles. The first-order valence-corrected chi connectivity index (χ1v) is 8.23. The molecule has 2 aromatic carbocycles. The zero-order valence-electron chi connectivity index (χ0n) is 13.7. The summed E-state index contributed by atoms with van der Waals surface area (Å²) in [4.78, 5) is 17.0. The van der Waals surface area contributed by atoms with Crippen LogP contribution in [0.5, 0.6) is 0 Å². The van der Waals surface area contributed by atoms with E-state index in [0.29, 0.717) is 5.65 Å². The van der Waals surface area contributed by atoms with Crippen molar-refractivity contribution in [1.82, 2.24) is 24.5 Å². The van der Waals surface area contributed by atoms with E-state index in [-0.39, 0.29) is 22.6 Å². The molecule has 0 unspecified atom stereocenters. The minimum atomic E-state index is -0.479. The highest BCUT2D eigenvalue weighted by Gasteiger charge is 2.15. The lowest BCUT2D eigenvalue weighted by Gasteiger charge is -2.08. The van der Waals surface area contributed by atoms with Crippen LogP contribution in [0.15, 0.2) is 53.6 Å². The van der Waals surface area contributed by atoms with Crippen LogP contribution in [0.3, 0.4) is 0 Å². The first-order chi connectivity index (χ1) is 12.5. The molecule has 130 valence electrons. The summed E-state index contributed by atoms with van der Waals surface area (Å²) in [6.07, 6.45) is 1.35. The smallest absolute Gasteiger partial charge is 0.283 e. The predicted octanol–water partition coefficient (Wildman–Crippen LogP) is 3.13. The Kier molecular flexibility index (Phi) is 4.00. The normalized spacial score (nSPS) is 11.2. The van der Waals surface area contributed by atoms with Crippen LogP contribution in [-0.2, 0) is 6.54 Å². The van der Waals surface area contributed by atoms with E-state index in [9.17, 15) is 9.18 Å². The summed E-state index contributed by atoms with van der Waals surface area (Å²) in [6.45, 7) is 1.94. The summed E-state index contributed by atoms with van der Waals surface area (Å²) >= 11 is 6.04. The van der Waals surface area contributed by atoms with Gasteiger partial charge in [0.05, 0.1) is 12.2 Å². The summed E-state index contributed by atoms with van der Waals surface area (Å²) in [5, 5.41) is 8.23. The van der Waals surface area contributed by atoms with Crippen LogP contribution in [0.4, 0.5) is 4.39 Å². The molecule has 0 saturated carbocycles. The first-order valence-electron chi connectivity index (χ1n) is 7.85. The van der Waals surface area contributed by atoms with Gasteiger partial charge in [0.15, 0.2) is 11.2 Å². The average Bonchev–Trinajstić information content (AvgIpc) is 3.05. The van der Waals surface area contributed by atoms with E-state index >= 15 is 0 Å². The molecule has 26 heavy (non-hydrogen) atoms. The Labute approximate surface area is 152 Å². The van der Waals surface area contributed by atoms with E-state index in [4.69, 9.17) is 11.6 Å². The monoisotopic (exact) mass is 369 g/mol. The maximum absolute atomic E-state index is 14.0. The third-order valence-corrected chi connectivity index (χ3v) is 4.45. The molecule has 0 fully saturated rings. The highest BCUT2D eigenvalue weighted by molar-refractivity contribution is 6.31. The Balaban J connectivity index is 1.79. The van der Waals surface area contributed by atoms with Gasteiger partial charge >= 0.3 is 0 Å². The number of nitrogens with zero attached hydrogens (tertiary/aromatic N) is 5. The van der Waals surface area contributed by atoms with Gasteiger partial charge in [0.1, 0.15) is 12.1 Å². The molecule has 0 atom stereocenters. The number of fused-ring (bicyclic) bond motifs is 1. The van der Waals surface area contributed by atoms with Crippen LogP contribution < -0.4 is 5.56 Å². The molecule has 0 saturated heterocycles. The molecular formula is C18H13ClFN5O. The van der Waals surface area contributed by atoms with Crippen LogP contribution >= 0.6 is 11.6 Å². The van der Waals surface area contributed by atoms with Gasteiger partial charge in [-0.25, -0.2) is 9.37 Å². The van der Waals surface area contributed by atoms with E-state index in [1.807, 2.05) is 31.2 Å². The summed E-state index contributed by atoms with van der Waals surface area (Å²) in [5.74, 6) is -0.479. The Morgan fingerprint density at radius 1 is 1.15 bits per heavy atom. The number of halogens is 2. The van der Waals surface area contributed by atoms with Gasteiger partial charge in [-0.15, -0.1) is 5.10 Å². The molecule has 0 aliphatic heterocycles. The summed E-state index contributed by atoms with van der Waals surface area (Å²) in [7, 11) is 0. The summed E-state index contributed by atoms with van der Waals surface area (Å²) < 4.78 is 16.7. The van der Waals surface area contributed by atoms with E-state index in [1.165, 1.54) is 27.7 Å². The molecule has 0 N–H and O–H groups in total. The lowest BCUT2D eigenvalue weighted by Crippen LogP contribution is -2.22. The number of benzene rings is 2. The second kappa shape index (κ2) is 6.34. The van der Waals surface area contributed by atoms with Gasteiger partial charge in [-0.1, -0.05) is 40.6 Å². The fraction of sp³-hybridized carbons (Fsp3) is 0.111. The second-order valence-corrected chi connectivity index (χ2v) is 6.29. The van der Waals surface area contributed by atoms with Crippen molar-refractivity contribution in [3.63, 3.8) is 0 Å². The van der Waals surface area contributed by atoms with Gasteiger partial charge in [0, 0.05) is 10.6 Å². The van der Waals surface area contributed by atoms with Crippen molar-refractivity contribution in [2.24, 2.45) is 0 Å². The van der Waals surface area contributed by atoms with Crippen molar-refractivity contribution in [3.8, 4) is 5.69 Å². The third kappa shape index (κ3) is 2.76. The molecule has 0 amide bonds. The number of aromatic nitrogens is 5. The van der Waals surface area contributed by atoms with Gasteiger partial charge in [0.2, 0.25) is 0 Å². The number of hydrogen-bond acceptors (Lipinski definition) is 4. The number of aryl methyl sites for hydroxylation is 1. The van der Waals surface area contributed by atoms with E-state index < -0.39 is 11.4 Å². The fourth-order valence-electron chi connectivity index (χ4n) is 2.67. The minimum absolute atomic E-state index is 0.0370. The minimum Gasteiger partial charge on any atom is -0.293 e. The summed E-state index contributed by atoms with van der Waals surface area (Å²) in [5.41, 5.74) is 2.13. The number of rotatable bonds is 3. The molecule has 4 rings (SSSR count). The van der Waals surface area contributed by atoms with Crippen LogP contribution in [0.2, 0.25) is 5.02 Å². The van der Waals surface area contributed by atoms with Gasteiger partial charge in [-0.05, 0) is 31.2 Å². The molecule has 0 bridgehead atoms. The SMILES string of the molecule is Cc1ccc(-n2nnc3c(=O)n(Cc4c(F)cccc4Cl)cnc32)cc1. The standard InChI is InChI=1S/C18H13ClFN5O/c1-11-5-7-12(8-6-11)25-17-16(22-23-25)18(26)24(10-21-17)9-13-14(19)3-2-4-15(13)20/h2-8,10H,9H2,1H3. The van der Waals surface area contributed by atoms with E-state index in [1.54, 1.807) is 6.07 Å². The quantitative estimate of drug-likeness (QED) is 0.556. The highest BCUT2D eigenvalue weighted by atomic mass is 35.5. The Morgan fingerprint density at radius 3 is 2.65 bits per heavy atom. The average molecular weight is 370 g/mol. The van der Waals surface area contributed by atoms with Crippen LogP contribution in [0.25, 0.3) is 16.9 Å². The van der Waals surface area contributed by atoms with Crippen molar-refractivity contribution < 1.29 is 4.39 Å². The van der Waals surface area contributed by atoms with Gasteiger partial charge in [-0.3, -0.25) is 9.36 Å². The molecule has 6 nitrogen and oxygen atoms in total. The molecule has 0 aliphatic carbocycles. The molecule has 8 heteroatoms. The van der Waals surface area contributed by atoms with Crippen molar-refractivity contribution in [2.45, 2.75) is 13.5 Å². The van der Waals surface area contributed by atoms with Crippen LogP contribution in [0.1, 0.15) is 11.1 Å². The molecular weight excluding hydrogens is 357 g/mol. The van der Waals surface area contributed by atoms with Crippen molar-refractivity contribution >= 4 is 22.8 Å². The van der Waals surface area contributed by atoms with Gasteiger partial charge < -0.3 is 0 Å². The van der Waals surface area contributed by atoms with Crippen LogP contribution in [0, 0.1) is 12.7 Å². The summed E-state index contributed by atoms with van der Waals surface area (Å²) in [6, 6.07) is 12.0. The fourth-order valence-corrected chi connectivity index (χ4v) is 2.89. The number of hydrogen-bond donors (Lipinski definition) is 0. The zero-order chi connectivity index (χ0) is 18.3. The van der Waals surface area contributed by atoms with Crippen LogP contribution in [-0.4, -0.2) is 24.5 Å². The maximum atomic E-state index is 14.0. The van der Waals surface area contributed by atoms with Gasteiger partial charge in [0.25, 0.3) is 5.56 Å². The predicted molar refractivity (Wildman–Crippen MR) is 96.2 cm³/mol. The highest BCUT2D eigenvalue weighted by Crippen LogP contribution is 2.20.